The minimum absolute atomic E-state index is 0.248. The number of carbonyl (C=O) groups is 2. The van der Waals surface area contributed by atoms with Crippen LogP contribution in [0, 0.1) is 13.8 Å². The van der Waals surface area contributed by atoms with Gasteiger partial charge in [0.05, 0.1) is 0 Å². The van der Waals surface area contributed by atoms with Crippen LogP contribution in [-0.2, 0) is 14.3 Å². The maximum absolute atomic E-state index is 12.2. The third kappa shape index (κ3) is 6.13. The van der Waals surface area contributed by atoms with Crippen molar-refractivity contribution in [1.82, 2.24) is 0 Å². The molecule has 0 heterocycles. The van der Waals surface area contributed by atoms with Crippen molar-refractivity contribution in [3.8, 4) is 5.75 Å². The molecule has 2 rings (SSSR count). The Morgan fingerprint density at radius 2 is 1.67 bits per heavy atom. The third-order valence-corrected chi connectivity index (χ3v) is 4.22. The monoisotopic (exact) mass is 369 g/mol. The predicted molar refractivity (Wildman–Crippen MR) is 106 cm³/mol. The third-order valence-electron chi connectivity index (χ3n) is 4.22. The van der Waals surface area contributed by atoms with Crippen LogP contribution in [0.4, 0.5) is 5.69 Å². The Balaban J connectivity index is 1.82. The molecular formula is C22H27NO4. The Morgan fingerprint density at radius 1 is 1.00 bits per heavy atom. The molecule has 0 bridgehead atoms. The Bertz CT molecular complexity index is 796. The topological polar surface area (TPSA) is 64.6 Å². The standard InChI is InChI=1S/C22H27NO4/c1-14(2)18-7-9-19(10-8-18)26-13-21(24)27-17(5)22(25)23-20-11-6-15(3)12-16(20)4/h6-12,14,17H,13H2,1-5H3,(H,23,25)/t17-/m0/s1. The first kappa shape index (κ1) is 20.5. The molecule has 0 radical (unpaired) electrons. The Kier molecular flexibility index (Phi) is 6.99. The first-order valence-corrected chi connectivity index (χ1v) is 9.06. The van der Waals surface area contributed by atoms with Gasteiger partial charge in [-0.15, -0.1) is 0 Å². The van der Waals surface area contributed by atoms with Gasteiger partial charge in [-0.1, -0.05) is 43.7 Å². The molecule has 2 aromatic carbocycles. The van der Waals surface area contributed by atoms with E-state index < -0.39 is 12.1 Å². The number of benzene rings is 2. The van der Waals surface area contributed by atoms with Gasteiger partial charge in [-0.3, -0.25) is 4.79 Å². The van der Waals surface area contributed by atoms with E-state index in [2.05, 4.69) is 19.2 Å². The van der Waals surface area contributed by atoms with Crippen molar-refractivity contribution in [3.63, 3.8) is 0 Å². The summed E-state index contributed by atoms with van der Waals surface area (Å²) in [5, 5.41) is 2.78. The highest BCUT2D eigenvalue weighted by Gasteiger charge is 2.19. The van der Waals surface area contributed by atoms with E-state index >= 15 is 0 Å². The zero-order valence-corrected chi connectivity index (χ0v) is 16.5. The molecule has 0 saturated carbocycles. The summed E-state index contributed by atoms with van der Waals surface area (Å²) in [7, 11) is 0. The van der Waals surface area contributed by atoms with Crippen LogP contribution in [-0.4, -0.2) is 24.6 Å². The van der Waals surface area contributed by atoms with Crippen molar-refractivity contribution in [2.75, 3.05) is 11.9 Å². The van der Waals surface area contributed by atoms with Gasteiger partial charge in [0.1, 0.15) is 5.75 Å². The minimum Gasteiger partial charge on any atom is -0.482 e. The lowest BCUT2D eigenvalue weighted by atomic mass is 10.0. The lowest BCUT2D eigenvalue weighted by Crippen LogP contribution is -2.31. The summed E-state index contributed by atoms with van der Waals surface area (Å²) in [5.74, 6) is 0.0482. The maximum Gasteiger partial charge on any atom is 0.344 e. The molecule has 27 heavy (non-hydrogen) atoms. The highest BCUT2D eigenvalue weighted by molar-refractivity contribution is 5.95. The maximum atomic E-state index is 12.2. The van der Waals surface area contributed by atoms with Gasteiger partial charge in [-0.25, -0.2) is 4.79 Å². The van der Waals surface area contributed by atoms with Crippen molar-refractivity contribution in [3.05, 3.63) is 59.2 Å². The molecule has 1 atom stereocenters. The number of hydrogen-bond acceptors (Lipinski definition) is 4. The van der Waals surface area contributed by atoms with Crippen LogP contribution in [0.1, 0.15) is 43.4 Å². The fraction of sp³-hybridized carbons (Fsp3) is 0.364. The van der Waals surface area contributed by atoms with E-state index in [1.54, 1.807) is 0 Å². The van der Waals surface area contributed by atoms with E-state index in [9.17, 15) is 9.59 Å². The quantitative estimate of drug-likeness (QED) is 0.736. The summed E-state index contributed by atoms with van der Waals surface area (Å²) in [5.41, 5.74) is 3.97. The fourth-order valence-corrected chi connectivity index (χ4v) is 2.56. The number of carbonyl (C=O) groups excluding carboxylic acids is 2. The van der Waals surface area contributed by atoms with Gasteiger partial charge in [0, 0.05) is 5.69 Å². The second-order valence-corrected chi connectivity index (χ2v) is 6.95. The summed E-state index contributed by atoms with van der Waals surface area (Å²) in [6.45, 7) is 9.41. The van der Waals surface area contributed by atoms with Crippen LogP contribution in [0.15, 0.2) is 42.5 Å². The van der Waals surface area contributed by atoms with Crippen molar-refractivity contribution in [2.45, 2.75) is 46.6 Å². The van der Waals surface area contributed by atoms with Crippen LogP contribution in [0.3, 0.4) is 0 Å². The number of esters is 1. The molecule has 0 unspecified atom stereocenters. The number of amides is 1. The Morgan fingerprint density at radius 3 is 2.26 bits per heavy atom. The molecule has 5 nitrogen and oxygen atoms in total. The smallest absolute Gasteiger partial charge is 0.344 e. The normalized spacial score (nSPS) is 11.8. The molecule has 1 amide bonds. The summed E-state index contributed by atoms with van der Waals surface area (Å²) in [4.78, 5) is 24.2. The predicted octanol–water partition coefficient (Wildman–Crippen LogP) is 4.38. The van der Waals surface area contributed by atoms with E-state index in [4.69, 9.17) is 9.47 Å². The molecule has 2 aromatic rings. The van der Waals surface area contributed by atoms with Crippen LogP contribution >= 0.6 is 0 Å². The van der Waals surface area contributed by atoms with E-state index in [1.165, 1.54) is 12.5 Å². The zero-order chi connectivity index (χ0) is 20.0. The first-order chi connectivity index (χ1) is 12.8. The Labute approximate surface area is 160 Å². The van der Waals surface area contributed by atoms with Crippen LogP contribution in [0.5, 0.6) is 5.75 Å². The van der Waals surface area contributed by atoms with E-state index in [1.807, 2.05) is 56.3 Å². The zero-order valence-electron chi connectivity index (χ0n) is 16.5. The molecule has 144 valence electrons. The number of hydrogen-bond donors (Lipinski definition) is 1. The minimum atomic E-state index is -0.912. The van der Waals surface area contributed by atoms with Crippen LogP contribution in [0.25, 0.3) is 0 Å². The average molecular weight is 369 g/mol. The van der Waals surface area contributed by atoms with Crippen molar-refractivity contribution in [2.24, 2.45) is 0 Å². The van der Waals surface area contributed by atoms with Crippen molar-refractivity contribution < 1.29 is 19.1 Å². The van der Waals surface area contributed by atoms with Gasteiger partial charge in [0.25, 0.3) is 5.91 Å². The van der Waals surface area contributed by atoms with Gasteiger partial charge in [-0.05, 0) is 56.0 Å². The van der Waals surface area contributed by atoms with Gasteiger partial charge in [0.2, 0.25) is 0 Å². The number of nitrogens with one attached hydrogen (secondary N) is 1. The lowest BCUT2D eigenvalue weighted by Gasteiger charge is -2.15. The molecular weight excluding hydrogens is 342 g/mol. The first-order valence-electron chi connectivity index (χ1n) is 9.06. The molecule has 5 heteroatoms. The SMILES string of the molecule is Cc1ccc(NC(=O)[C@H](C)OC(=O)COc2ccc(C(C)C)cc2)c(C)c1. The van der Waals surface area contributed by atoms with E-state index in [0.29, 0.717) is 17.4 Å². The largest absolute Gasteiger partial charge is 0.482 e. The van der Waals surface area contributed by atoms with Gasteiger partial charge < -0.3 is 14.8 Å². The molecule has 1 N–H and O–H groups in total. The van der Waals surface area contributed by atoms with Crippen LogP contribution in [0.2, 0.25) is 0 Å². The van der Waals surface area contributed by atoms with Crippen molar-refractivity contribution in [1.29, 1.82) is 0 Å². The highest BCUT2D eigenvalue weighted by Crippen LogP contribution is 2.19. The fourth-order valence-electron chi connectivity index (χ4n) is 2.56. The molecule has 0 aliphatic rings. The number of rotatable bonds is 7. The van der Waals surface area contributed by atoms with Gasteiger partial charge in [-0.2, -0.15) is 0 Å². The molecule has 0 saturated heterocycles. The summed E-state index contributed by atoms with van der Waals surface area (Å²) in [6, 6.07) is 13.3. The van der Waals surface area contributed by atoms with E-state index in [-0.39, 0.29) is 12.5 Å². The molecule has 0 aliphatic carbocycles. The van der Waals surface area contributed by atoms with Gasteiger partial charge >= 0.3 is 5.97 Å². The molecule has 0 spiro atoms. The summed E-state index contributed by atoms with van der Waals surface area (Å²) in [6.07, 6.45) is -0.912. The van der Waals surface area contributed by atoms with Gasteiger partial charge in [0.15, 0.2) is 12.7 Å². The van der Waals surface area contributed by atoms with E-state index in [0.717, 1.165) is 11.1 Å². The second kappa shape index (κ2) is 9.21. The number of ether oxygens (including phenoxy) is 2. The van der Waals surface area contributed by atoms with Crippen LogP contribution < -0.4 is 10.1 Å². The average Bonchev–Trinajstić information content (AvgIpc) is 2.62. The molecule has 0 aromatic heterocycles. The molecule has 0 fully saturated rings. The Hall–Kier alpha value is -2.82. The highest BCUT2D eigenvalue weighted by atomic mass is 16.6. The number of aryl methyl sites for hydroxylation is 2. The lowest BCUT2D eigenvalue weighted by molar-refractivity contribution is -0.155. The second-order valence-electron chi connectivity index (χ2n) is 6.95. The van der Waals surface area contributed by atoms with Crippen molar-refractivity contribution >= 4 is 17.6 Å². The molecule has 0 aliphatic heterocycles. The summed E-state index contributed by atoms with van der Waals surface area (Å²) >= 11 is 0. The number of anilines is 1. The summed E-state index contributed by atoms with van der Waals surface area (Å²) < 4.78 is 10.6.